The van der Waals surface area contributed by atoms with Crippen LogP contribution in [0.1, 0.15) is 23.3 Å². The van der Waals surface area contributed by atoms with E-state index in [0.29, 0.717) is 0 Å². The Morgan fingerprint density at radius 1 is 0.962 bits per heavy atom. The Morgan fingerprint density at radius 2 is 1.31 bits per heavy atom. The van der Waals surface area contributed by atoms with Crippen LogP contribution in [0.2, 0.25) is 0 Å². The molecule has 4 atom stereocenters. The third-order valence-electron chi connectivity index (χ3n) is 4.12. The Kier molecular flexibility index (Phi) is 6.17. The second kappa shape index (κ2) is 8.76. The molecule has 0 bridgehead atoms. The first kappa shape index (κ1) is 18.3. The Morgan fingerprint density at radius 3 is 1.58 bits per heavy atom. The van der Waals surface area contributed by atoms with Crippen molar-refractivity contribution >= 4 is 5.97 Å². The van der Waals surface area contributed by atoms with Gasteiger partial charge in [0.05, 0.1) is 13.2 Å². The van der Waals surface area contributed by atoms with Gasteiger partial charge in [-0.2, -0.15) is 0 Å². The summed E-state index contributed by atoms with van der Waals surface area (Å²) in [4.78, 5) is 9.25. The van der Waals surface area contributed by atoms with Crippen molar-refractivity contribution in [3.63, 3.8) is 0 Å². The van der Waals surface area contributed by atoms with Gasteiger partial charge in [-0.05, 0) is 11.1 Å². The molecule has 2 aliphatic heterocycles. The first-order chi connectivity index (χ1) is 12.7. The lowest BCUT2D eigenvalue weighted by molar-refractivity contribution is -0.131. The van der Waals surface area contributed by atoms with Gasteiger partial charge in [-0.1, -0.05) is 67.2 Å². The van der Waals surface area contributed by atoms with Crippen LogP contribution in [0.4, 0.5) is 0 Å². The zero-order chi connectivity index (χ0) is 18.4. The van der Waals surface area contributed by atoms with E-state index in [9.17, 15) is 4.79 Å². The van der Waals surface area contributed by atoms with Gasteiger partial charge in [0.15, 0.2) is 0 Å². The number of epoxide rings is 2. The van der Waals surface area contributed by atoms with E-state index in [-0.39, 0.29) is 24.4 Å². The largest absolute Gasteiger partial charge is 0.478 e. The number of benzene rings is 2. The molecule has 5 heteroatoms. The number of ether oxygens (including phenoxy) is 3. The second-order valence-corrected chi connectivity index (χ2v) is 6.08. The summed E-state index contributed by atoms with van der Waals surface area (Å²) in [5.41, 5.74) is 2.34. The molecule has 4 rings (SSSR count). The first-order valence-electron chi connectivity index (χ1n) is 8.53. The van der Waals surface area contributed by atoms with Crippen molar-refractivity contribution < 1.29 is 24.1 Å². The molecule has 136 valence electrons. The van der Waals surface area contributed by atoms with Crippen molar-refractivity contribution in [3.8, 4) is 0 Å². The zero-order valence-electron chi connectivity index (χ0n) is 14.4. The van der Waals surface area contributed by atoms with Gasteiger partial charge < -0.3 is 19.3 Å². The average molecular weight is 354 g/mol. The maximum atomic E-state index is 9.25. The number of carbonyl (C=O) groups is 1. The molecule has 4 unspecified atom stereocenters. The lowest BCUT2D eigenvalue weighted by Crippen LogP contribution is -2.19. The quantitative estimate of drug-likeness (QED) is 0.608. The molecular weight excluding hydrogens is 332 g/mol. The van der Waals surface area contributed by atoms with Crippen molar-refractivity contribution in [2.45, 2.75) is 24.4 Å². The molecule has 2 fully saturated rings. The summed E-state index contributed by atoms with van der Waals surface area (Å²) in [7, 11) is 0. The van der Waals surface area contributed by atoms with Gasteiger partial charge >= 0.3 is 5.97 Å². The molecular formula is C21H22O5. The molecule has 0 radical (unpaired) electrons. The minimum Gasteiger partial charge on any atom is -0.478 e. The van der Waals surface area contributed by atoms with E-state index in [1.165, 1.54) is 11.1 Å². The van der Waals surface area contributed by atoms with E-state index in [4.69, 9.17) is 19.3 Å². The molecule has 0 saturated carbocycles. The summed E-state index contributed by atoms with van der Waals surface area (Å²) >= 11 is 0. The highest BCUT2D eigenvalue weighted by Crippen LogP contribution is 2.40. The Labute approximate surface area is 152 Å². The Balaban J connectivity index is 0.000000349. The SMILES string of the molecule is C=CC(=O)O.c1ccc(C(OC(c2ccccc2)C2CO2)C2CO2)cc1. The minimum absolute atomic E-state index is 0.0272. The first-order valence-corrected chi connectivity index (χ1v) is 8.53. The van der Waals surface area contributed by atoms with Gasteiger partial charge in [-0.3, -0.25) is 0 Å². The lowest BCUT2D eigenvalue weighted by atomic mass is 10.0. The van der Waals surface area contributed by atoms with Crippen molar-refractivity contribution in [2.75, 3.05) is 13.2 Å². The summed E-state index contributed by atoms with van der Waals surface area (Å²) in [5, 5.41) is 7.60. The Bertz CT molecular complexity index is 654. The molecule has 2 aliphatic rings. The number of carboxylic acid groups (broad SMARTS) is 1. The van der Waals surface area contributed by atoms with Crippen LogP contribution >= 0.6 is 0 Å². The molecule has 0 aliphatic carbocycles. The topological polar surface area (TPSA) is 71.6 Å². The van der Waals surface area contributed by atoms with Crippen LogP contribution < -0.4 is 0 Å². The van der Waals surface area contributed by atoms with Gasteiger partial charge in [-0.15, -0.1) is 0 Å². The number of rotatable bonds is 7. The summed E-state index contributed by atoms with van der Waals surface area (Å²) in [5.74, 6) is -0.981. The van der Waals surface area contributed by atoms with E-state index in [2.05, 4.69) is 30.8 Å². The third kappa shape index (κ3) is 5.26. The van der Waals surface area contributed by atoms with Gasteiger partial charge in [0.2, 0.25) is 0 Å². The van der Waals surface area contributed by atoms with Crippen LogP contribution in [0.15, 0.2) is 73.3 Å². The standard InChI is InChI=1S/C18H18O3.C3H4O2/c1-3-7-13(8-4-1)17(15-11-19-15)21-18(16-12-20-16)14-9-5-2-6-10-14;1-2-3(4)5/h1-10,15-18H,11-12H2;2H,1H2,(H,4,5). The second-order valence-electron chi connectivity index (χ2n) is 6.08. The molecule has 2 saturated heterocycles. The van der Waals surface area contributed by atoms with Gasteiger partial charge in [0.25, 0.3) is 0 Å². The zero-order valence-corrected chi connectivity index (χ0v) is 14.4. The van der Waals surface area contributed by atoms with Crippen LogP contribution in [0, 0.1) is 0 Å². The molecule has 1 N–H and O–H groups in total. The van der Waals surface area contributed by atoms with Crippen LogP contribution in [0.3, 0.4) is 0 Å². The highest BCUT2D eigenvalue weighted by molar-refractivity contribution is 5.78. The number of aliphatic carboxylic acids is 1. The van der Waals surface area contributed by atoms with Crippen molar-refractivity contribution in [2.24, 2.45) is 0 Å². The van der Waals surface area contributed by atoms with Crippen LogP contribution in [-0.2, 0) is 19.0 Å². The molecule has 2 heterocycles. The number of hydrogen-bond acceptors (Lipinski definition) is 4. The Hall–Kier alpha value is -2.47. The van der Waals surface area contributed by atoms with E-state index >= 15 is 0 Å². The fraction of sp³-hybridized carbons (Fsp3) is 0.286. The maximum Gasteiger partial charge on any atom is 0.327 e. The minimum atomic E-state index is -0.981. The third-order valence-corrected chi connectivity index (χ3v) is 4.12. The summed E-state index contributed by atoms with van der Waals surface area (Å²) < 4.78 is 17.4. The van der Waals surface area contributed by atoms with E-state index in [0.717, 1.165) is 19.3 Å². The molecule has 0 spiro atoms. The molecule has 2 aromatic carbocycles. The van der Waals surface area contributed by atoms with Crippen LogP contribution in [0.25, 0.3) is 0 Å². The predicted molar refractivity (Wildman–Crippen MR) is 96.8 cm³/mol. The molecule has 0 amide bonds. The van der Waals surface area contributed by atoms with Crippen LogP contribution in [-0.4, -0.2) is 36.5 Å². The van der Waals surface area contributed by atoms with Crippen molar-refractivity contribution in [1.82, 2.24) is 0 Å². The monoisotopic (exact) mass is 354 g/mol. The van der Waals surface area contributed by atoms with Crippen LogP contribution in [0.5, 0.6) is 0 Å². The molecule has 0 aromatic heterocycles. The summed E-state index contributed by atoms with van der Waals surface area (Å²) in [6, 6.07) is 20.6. The predicted octanol–water partition coefficient (Wildman–Crippen LogP) is 3.54. The van der Waals surface area contributed by atoms with Gasteiger partial charge in [0.1, 0.15) is 24.4 Å². The van der Waals surface area contributed by atoms with Gasteiger partial charge in [-0.25, -0.2) is 4.79 Å². The summed E-state index contributed by atoms with van der Waals surface area (Å²) in [6.07, 6.45) is 1.11. The van der Waals surface area contributed by atoms with E-state index < -0.39 is 5.97 Å². The highest BCUT2D eigenvalue weighted by atomic mass is 16.6. The number of carboxylic acids is 1. The highest BCUT2D eigenvalue weighted by Gasteiger charge is 2.41. The van der Waals surface area contributed by atoms with Crippen molar-refractivity contribution in [3.05, 3.63) is 84.4 Å². The summed E-state index contributed by atoms with van der Waals surface area (Å²) in [6.45, 7) is 4.50. The lowest BCUT2D eigenvalue weighted by Gasteiger charge is -2.23. The fourth-order valence-corrected chi connectivity index (χ4v) is 2.67. The smallest absolute Gasteiger partial charge is 0.327 e. The number of hydrogen-bond donors (Lipinski definition) is 1. The van der Waals surface area contributed by atoms with Gasteiger partial charge in [0, 0.05) is 6.08 Å². The normalized spacial score (nSPS) is 22.3. The van der Waals surface area contributed by atoms with E-state index in [1.807, 2.05) is 36.4 Å². The van der Waals surface area contributed by atoms with Crippen molar-refractivity contribution in [1.29, 1.82) is 0 Å². The van der Waals surface area contributed by atoms with E-state index in [1.54, 1.807) is 0 Å². The molecule has 2 aromatic rings. The average Bonchev–Trinajstić information content (AvgIpc) is 3.57. The molecule has 26 heavy (non-hydrogen) atoms. The fourth-order valence-electron chi connectivity index (χ4n) is 2.67. The maximum absolute atomic E-state index is 9.25. The molecule has 5 nitrogen and oxygen atoms in total.